The summed E-state index contributed by atoms with van der Waals surface area (Å²) in [4.78, 5) is 2.36. The molecular formula is C15H22ClFN2. The number of nitrogens with one attached hydrogen (secondary N) is 1. The van der Waals surface area contributed by atoms with Gasteiger partial charge in [0.25, 0.3) is 0 Å². The van der Waals surface area contributed by atoms with Crippen molar-refractivity contribution in [3.8, 4) is 0 Å². The highest BCUT2D eigenvalue weighted by Gasteiger charge is 2.28. The first kappa shape index (κ1) is 14.8. The minimum Gasteiger partial charge on any atom is -0.312 e. The topological polar surface area (TPSA) is 15.3 Å². The van der Waals surface area contributed by atoms with Gasteiger partial charge in [-0.25, -0.2) is 4.39 Å². The normalized spacial score (nSPS) is 19.6. The molecule has 0 atom stereocenters. The van der Waals surface area contributed by atoms with Gasteiger partial charge in [0.05, 0.1) is 0 Å². The molecule has 0 spiro atoms. The van der Waals surface area contributed by atoms with E-state index in [9.17, 15) is 4.39 Å². The average Bonchev–Trinajstić information content (AvgIpc) is 2.36. The summed E-state index contributed by atoms with van der Waals surface area (Å²) in [5.41, 5.74) is 1.01. The Hall–Kier alpha value is -0.640. The largest absolute Gasteiger partial charge is 0.312 e. The minimum atomic E-state index is -0.228. The second kappa shape index (κ2) is 6.21. The summed E-state index contributed by atoms with van der Waals surface area (Å²) in [7, 11) is 2.16. The smallest absolute Gasteiger partial charge is 0.129 e. The summed E-state index contributed by atoms with van der Waals surface area (Å²) in [6.07, 6.45) is 2.39. The molecule has 0 amide bonds. The molecule has 4 heteroatoms. The molecule has 1 aliphatic rings. The Morgan fingerprint density at radius 3 is 2.68 bits per heavy atom. The molecule has 0 aromatic heterocycles. The maximum atomic E-state index is 13.6. The summed E-state index contributed by atoms with van der Waals surface area (Å²) >= 11 is 5.74. The zero-order valence-electron chi connectivity index (χ0n) is 11.7. The van der Waals surface area contributed by atoms with Crippen molar-refractivity contribution in [3.63, 3.8) is 0 Å². The van der Waals surface area contributed by atoms with Gasteiger partial charge in [-0.15, -0.1) is 0 Å². The number of benzene rings is 1. The molecule has 1 heterocycles. The van der Waals surface area contributed by atoms with E-state index in [4.69, 9.17) is 11.6 Å². The number of hydrogen-bond donors (Lipinski definition) is 1. The van der Waals surface area contributed by atoms with Crippen LogP contribution in [-0.2, 0) is 6.54 Å². The highest BCUT2D eigenvalue weighted by atomic mass is 35.5. The van der Waals surface area contributed by atoms with E-state index in [1.807, 2.05) is 0 Å². The highest BCUT2D eigenvalue weighted by Crippen LogP contribution is 2.29. The van der Waals surface area contributed by atoms with Crippen molar-refractivity contribution in [3.05, 3.63) is 34.6 Å². The van der Waals surface area contributed by atoms with Gasteiger partial charge < -0.3 is 10.2 Å². The standard InChI is InChI=1S/C15H22ClFN2/c1-15(5-7-19(2)8-6-15)11-18-10-12-3-4-13(16)9-14(12)17/h3-4,9,18H,5-8,10-11H2,1-2H3. The van der Waals surface area contributed by atoms with Crippen LogP contribution in [0.2, 0.25) is 5.02 Å². The fourth-order valence-electron chi connectivity index (χ4n) is 2.50. The number of halogens is 2. The lowest BCUT2D eigenvalue weighted by Crippen LogP contribution is -2.41. The van der Waals surface area contributed by atoms with Gasteiger partial charge in [-0.2, -0.15) is 0 Å². The van der Waals surface area contributed by atoms with Crippen LogP contribution in [0.1, 0.15) is 25.3 Å². The first-order valence-corrected chi connectivity index (χ1v) is 7.19. The van der Waals surface area contributed by atoms with Gasteiger partial charge >= 0.3 is 0 Å². The van der Waals surface area contributed by atoms with E-state index < -0.39 is 0 Å². The molecule has 106 valence electrons. The second-order valence-corrected chi connectivity index (χ2v) is 6.39. The van der Waals surface area contributed by atoms with E-state index in [1.54, 1.807) is 12.1 Å². The van der Waals surface area contributed by atoms with Crippen LogP contribution in [0.25, 0.3) is 0 Å². The van der Waals surface area contributed by atoms with Crippen molar-refractivity contribution in [2.24, 2.45) is 5.41 Å². The van der Waals surface area contributed by atoms with Crippen molar-refractivity contribution in [2.75, 3.05) is 26.7 Å². The fourth-order valence-corrected chi connectivity index (χ4v) is 2.66. The predicted octanol–water partition coefficient (Wildman–Crippen LogP) is 3.30. The molecular weight excluding hydrogens is 263 g/mol. The van der Waals surface area contributed by atoms with Crippen LogP contribution >= 0.6 is 11.6 Å². The maximum Gasteiger partial charge on any atom is 0.129 e. The number of rotatable bonds is 4. The third-order valence-corrected chi connectivity index (χ3v) is 4.31. The summed E-state index contributed by atoms with van der Waals surface area (Å²) in [5.74, 6) is -0.228. The Balaban J connectivity index is 1.83. The van der Waals surface area contributed by atoms with E-state index in [0.29, 0.717) is 22.5 Å². The fraction of sp³-hybridized carbons (Fsp3) is 0.600. The molecule has 2 rings (SSSR count). The second-order valence-electron chi connectivity index (χ2n) is 5.95. The zero-order valence-corrected chi connectivity index (χ0v) is 12.4. The lowest BCUT2D eigenvalue weighted by molar-refractivity contribution is 0.136. The van der Waals surface area contributed by atoms with Crippen LogP contribution in [-0.4, -0.2) is 31.6 Å². The molecule has 1 N–H and O–H groups in total. The van der Waals surface area contributed by atoms with Crippen molar-refractivity contribution in [1.29, 1.82) is 0 Å². The van der Waals surface area contributed by atoms with Crippen LogP contribution in [0.15, 0.2) is 18.2 Å². The van der Waals surface area contributed by atoms with E-state index >= 15 is 0 Å². The number of likely N-dealkylation sites (tertiary alicyclic amines) is 1. The first-order chi connectivity index (χ1) is 8.98. The molecule has 1 fully saturated rings. The number of hydrogen-bond acceptors (Lipinski definition) is 2. The lowest BCUT2D eigenvalue weighted by atomic mass is 9.80. The molecule has 1 aromatic carbocycles. The highest BCUT2D eigenvalue weighted by molar-refractivity contribution is 6.30. The van der Waals surface area contributed by atoms with E-state index in [2.05, 4.69) is 24.2 Å². The number of nitrogens with zero attached hydrogens (tertiary/aromatic N) is 1. The van der Waals surface area contributed by atoms with Crippen LogP contribution in [0.5, 0.6) is 0 Å². The summed E-state index contributed by atoms with van der Waals surface area (Å²) < 4.78 is 13.6. The molecule has 2 nitrogen and oxygen atoms in total. The van der Waals surface area contributed by atoms with Gasteiger partial charge in [-0.05, 0) is 50.5 Å². The first-order valence-electron chi connectivity index (χ1n) is 6.82. The molecule has 0 radical (unpaired) electrons. The summed E-state index contributed by atoms with van der Waals surface area (Å²) in [5, 5.41) is 3.83. The van der Waals surface area contributed by atoms with Crippen molar-refractivity contribution < 1.29 is 4.39 Å². The molecule has 0 saturated carbocycles. The summed E-state index contributed by atoms with van der Waals surface area (Å²) in [6.45, 7) is 6.10. The molecule has 19 heavy (non-hydrogen) atoms. The molecule has 1 saturated heterocycles. The average molecular weight is 285 g/mol. The van der Waals surface area contributed by atoms with Gasteiger partial charge in [-0.1, -0.05) is 24.6 Å². The quantitative estimate of drug-likeness (QED) is 0.913. The molecule has 1 aromatic rings. The van der Waals surface area contributed by atoms with Crippen molar-refractivity contribution in [2.45, 2.75) is 26.3 Å². The Kier molecular flexibility index (Phi) is 4.82. The van der Waals surface area contributed by atoms with Crippen molar-refractivity contribution >= 4 is 11.6 Å². The van der Waals surface area contributed by atoms with Gasteiger partial charge in [-0.3, -0.25) is 0 Å². The van der Waals surface area contributed by atoms with Gasteiger partial charge in [0.15, 0.2) is 0 Å². The predicted molar refractivity (Wildman–Crippen MR) is 78.0 cm³/mol. The van der Waals surface area contributed by atoms with Crippen LogP contribution in [0.4, 0.5) is 4.39 Å². The Morgan fingerprint density at radius 2 is 2.05 bits per heavy atom. The van der Waals surface area contributed by atoms with Crippen LogP contribution in [0.3, 0.4) is 0 Å². The SMILES string of the molecule is CN1CCC(C)(CNCc2ccc(Cl)cc2F)CC1. The lowest BCUT2D eigenvalue weighted by Gasteiger charge is -2.38. The van der Waals surface area contributed by atoms with Crippen LogP contribution < -0.4 is 5.32 Å². The Labute approximate surface area is 119 Å². The molecule has 0 bridgehead atoms. The Morgan fingerprint density at radius 1 is 1.37 bits per heavy atom. The molecule has 0 aliphatic carbocycles. The van der Waals surface area contributed by atoms with Gasteiger partial charge in [0, 0.05) is 23.7 Å². The number of piperidine rings is 1. The van der Waals surface area contributed by atoms with E-state index in [1.165, 1.54) is 18.9 Å². The monoisotopic (exact) mass is 284 g/mol. The van der Waals surface area contributed by atoms with Crippen molar-refractivity contribution in [1.82, 2.24) is 10.2 Å². The van der Waals surface area contributed by atoms with E-state index in [-0.39, 0.29) is 5.82 Å². The molecule has 1 aliphatic heterocycles. The van der Waals surface area contributed by atoms with E-state index in [0.717, 1.165) is 19.6 Å². The zero-order chi connectivity index (χ0) is 13.9. The molecule has 0 unspecified atom stereocenters. The third-order valence-electron chi connectivity index (χ3n) is 4.08. The summed E-state index contributed by atoms with van der Waals surface area (Å²) in [6, 6.07) is 4.86. The van der Waals surface area contributed by atoms with Gasteiger partial charge in [0.2, 0.25) is 0 Å². The minimum absolute atomic E-state index is 0.228. The van der Waals surface area contributed by atoms with Gasteiger partial charge in [0.1, 0.15) is 5.82 Å². The third kappa shape index (κ3) is 4.16. The maximum absolute atomic E-state index is 13.6. The Bertz CT molecular complexity index is 428. The van der Waals surface area contributed by atoms with Crippen LogP contribution in [0, 0.1) is 11.2 Å².